The summed E-state index contributed by atoms with van der Waals surface area (Å²) in [6.07, 6.45) is 5.85. The fourth-order valence-corrected chi connectivity index (χ4v) is 2.65. The highest BCUT2D eigenvalue weighted by molar-refractivity contribution is 6.33. The zero-order chi connectivity index (χ0) is 13.8. The van der Waals surface area contributed by atoms with Crippen LogP contribution < -0.4 is 10.8 Å². The summed E-state index contributed by atoms with van der Waals surface area (Å²) >= 11 is 0. The highest BCUT2D eigenvalue weighted by atomic mass is 15.2. The molecular weight excluding hydrogens is 247 g/mol. The number of benzene rings is 1. The van der Waals surface area contributed by atoms with E-state index in [2.05, 4.69) is 20.2 Å². The smallest absolute Gasteiger partial charge is 0.223 e. The molecule has 0 spiro atoms. The molecule has 2 radical (unpaired) electrons. The predicted molar refractivity (Wildman–Crippen MR) is 83.7 cm³/mol. The van der Waals surface area contributed by atoms with Gasteiger partial charge in [0.05, 0.1) is 5.52 Å². The van der Waals surface area contributed by atoms with Gasteiger partial charge in [-0.15, -0.1) is 0 Å². The summed E-state index contributed by atoms with van der Waals surface area (Å²) in [5.74, 6) is 0.694. The molecule has 2 aromatic rings. The van der Waals surface area contributed by atoms with E-state index in [9.17, 15) is 0 Å². The molecule has 0 bridgehead atoms. The lowest BCUT2D eigenvalue weighted by Gasteiger charge is -2.26. The Balaban J connectivity index is 1.58. The van der Waals surface area contributed by atoms with Crippen LogP contribution in [0.15, 0.2) is 24.4 Å². The van der Waals surface area contributed by atoms with Gasteiger partial charge >= 0.3 is 0 Å². The fourth-order valence-electron chi connectivity index (χ4n) is 2.65. The summed E-state index contributed by atoms with van der Waals surface area (Å²) in [6, 6.07) is 5.70. The van der Waals surface area contributed by atoms with Crippen molar-refractivity contribution in [1.29, 1.82) is 0 Å². The molecule has 0 atom stereocenters. The van der Waals surface area contributed by atoms with Crippen LogP contribution in [0.1, 0.15) is 19.3 Å². The summed E-state index contributed by atoms with van der Waals surface area (Å²) < 4.78 is 0. The zero-order valence-electron chi connectivity index (χ0n) is 11.7. The molecule has 1 aromatic carbocycles. The molecule has 2 heterocycles. The molecule has 0 amide bonds. The molecule has 0 saturated carbocycles. The van der Waals surface area contributed by atoms with Crippen LogP contribution in [0, 0.1) is 0 Å². The van der Waals surface area contributed by atoms with E-state index in [1.807, 2.05) is 24.4 Å². The average molecular weight is 266 g/mol. The Morgan fingerprint density at radius 1 is 1.20 bits per heavy atom. The number of rotatable bonds is 4. The van der Waals surface area contributed by atoms with Gasteiger partial charge in [0.2, 0.25) is 5.95 Å². The van der Waals surface area contributed by atoms with E-state index in [1.54, 1.807) is 0 Å². The molecule has 1 N–H and O–H groups in total. The van der Waals surface area contributed by atoms with Crippen molar-refractivity contribution in [3.05, 3.63) is 24.4 Å². The third kappa shape index (κ3) is 3.28. The van der Waals surface area contributed by atoms with Crippen LogP contribution >= 0.6 is 0 Å². The molecule has 1 fully saturated rings. The maximum Gasteiger partial charge on any atom is 0.223 e. The normalized spacial score (nSPS) is 16.4. The van der Waals surface area contributed by atoms with Crippen LogP contribution in [-0.4, -0.2) is 48.9 Å². The first-order valence-corrected chi connectivity index (χ1v) is 7.30. The molecular formula is C15H19BN4. The van der Waals surface area contributed by atoms with Crippen molar-refractivity contribution in [2.24, 2.45) is 0 Å². The number of hydrogen-bond acceptors (Lipinski definition) is 4. The van der Waals surface area contributed by atoms with Crippen molar-refractivity contribution in [2.45, 2.75) is 19.3 Å². The Labute approximate surface area is 121 Å². The first kappa shape index (κ1) is 13.4. The Morgan fingerprint density at radius 2 is 2.05 bits per heavy atom. The van der Waals surface area contributed by atoms with Crippen molar-refractivity contribution in [3.8, 4) is 0 Å². The van der Waals surface area contributed by atoms with Gasteiger partial charge in [0.1, 0.15) is 7.85 Å². The Bertz CT molecular complexity index is 581. The summed E-state index contributed by atoms with van der Waals surface area (Å²) in [7, 11) is 5.75. The number of aromatic nitrogens is 2. The van der Waals surface area contributed by atoms with E-state index in [1.165, 1.54) is 32.4 Å². The highest BCUT2D eigenvalue weighted by Gasteiger charge is 2.09. The largest absolute Gasteiger partial charge is 0.353 e. The molecule has 1 aliphatic heterocycles. The van der Waals surface area contributed by atoms with Crippen LogP contribution in [-0.2, 0) is 0 Å². The monoisotopic (exact) mass is 266 g/mol. The number of nitrogens with zero attached hydrogens (tertiary/aromatic N) is 3. The minimum atomic E-state index is 0.694. The molecule has 20 heavy (non-hydrogen) atoms. The summed E-state index contributed by atoms with van der Waals surface area (Å²) in [5, 5.41) is 4.28. The van der Waals surface area contributed by atoms with Crippen molar-refractivity contribution in [2.75, 3.05) is 31.5 Å². The van der Waals surface area contributed by atoms with E-state index in [0.29, 0.717) is 5.95 Å². The van der Waals surface area contributed by atoms with Gasteiger partial charge in [-0.3, -0.25) is 0 Å². The van der Waals surface area contributed by atoms with Crippen LogP contribution in [0.5, 0.6) is 0 Å². The average Bonchev–Trinajstić information content (AvgIpc) is 2.48. The third-order valence-electron chi connectivity index (χ3n) is 3.76. The Morgan fingerprint density at radius 3 is 2.90 bits per heavy atom. The molecule has 1 aliphatic rings. The fraction of sp³-hybridized carbons (Fsp3) is 0.467. The van der Waals surface area contributed by atoms with Gasteiger partial charge < -0.3 is 10.2 Å². The highest BCUT2D eigenvalue weighted by Crippen LogP contribution is 2.11. The standard InChI is InChI=1S/C15H19BN4/c16-13-4-5-14-12(10-13)11-18-15(19-14)17-6-9-20-7-2-1-3-8-20/h4-5,10-11H,1-3,6-9H2,(H,17,18,19). The third-order valence-corrected chi connectivity index (χ3v) is 3.76. The lowest BCUT2D eigenvalue weighted by molar-refractivity contribution is 0.237. The van der Waals surface area contributed by atoms with Crippen LogP contribution in [0.4, 0.5) is 5.95 Å². The van der Waals surface area contributed by atoms with Gasteiger partial charge in [-0.1, -0.05) is 24.0 Å². The van der Waals surface area contributed by atoms with Gasteiger partial charge in [-0.2, -0.15) is 0 Å². The molecule has 5 heteroatoms. The first-order chi connectivity index (χ1) is 9.81. The number of piperidine rings is 1. The van der Waals surface area contributed by atoms with Crippen molar-refractivity contribution >= 4 is 30.2 Å². The van der Waals surface area contributed by atoms with Gasteiger partial charge in [0.15, 0.2) is 0 Å². The van der Waals surface area contributed by atoms with E-state index in [-0.39, 0.29) is 0 Å². The number of likely N-dealkylation sites (tertiary alicyclic amines) is 1. The topological polar surface area (TPSA) is 41.1 Å². The molecule has 3 rings (SSSR count). The van der Waals surface area contributed by atoms with Crippen LogP contribution in [0.3, 0.4) is 0 Å². The Hall–Kier alpha value is -1.62. The van der Waals surface area contributed by atoms with Gasteiger partial charge in [-0.25, -0.2) is 9.97 Å². The minimum absolute atomic E-state index is 0.694. The zero-order valence-corrected chi connectivity index (χ0v) is 11.7. The van der Waals surface area contributed by atoms with E-state index in [0.717, 1.165) is 29.5 Å². The van der Waals surface area contributed by atoms with Gasteiger partial charge in [-0.05, 0) is 32.0 Å². The Kier molecular flexibility index (Phi) is 4.16. The lowest BCUT2D eigenvalue weighted by atomic mass is 9.95. The van der Waals surface area contributed by atoms with Gasteiger partial charge in [0.25, 0.3) is 0 Å². The number of fused-ring (bicyclic) bond motifs is 1. The van der Waals surface area contributed by atoms with E-state index < -0.39 is 0 Å². The van der Waals surface area contributed by atoms with Crippen molar-refractivity contribution < 1.29 is 0 Å². The second kappa shape index (κ2) is 6.22. The van der Waals surface area contributed by atoms with Crippen LogP contribution in [0.25, 0.3) is 10.9 Å². The van der Waals surface area contributed by atoms with Crippen LogP contribution in [0.2, 0.25) is 0 Å². The molecule has 1 aromatic heterocycles. The minimum Gasteiger partial charge on any atom is -0.353 e. The maximum absolute atomic E-state index is 5.75. The predicted octanol–water partition coefficient (Wildman–Crippen LogP) is 1.32. The maximum atomic E-state index is 5.75. The molecule has 102 valence electrons. The van der Waals surface area contributed by atoms with E-state index in [4.69, 9.17) is 7.85 Å². The SMILES string of the molecule is [B]c1ccc2nc(NCCN3CCCCC3)ncc2c1. The molecule has 4 nitrogen and oxygen atoms in total. The van der Waals surface area contributed by atoms with Crippen molar-refractivity contribution in [1.82, 2.24) is 14.9 Å². The summed E-state index contributed by atoms with van der Waals surface area (Å²) in [6.45, 7) is 4.39. The number of anilines is 1. The summed E-state index contributed by atoms with van der Waals surface area (Å²) in [5.41, 5.74) is 1.67. The first-order valence-electron chi connectivity index (χ1n) is 7.30. The summed E-state index contributed by atoms with van der Waals surface area (Å²) in [4.78, 5) is 11.3. The van der Waals surface area contributed by atoms with Gasteiger partial charge in [0, 0.05) is 24.7 Å². The second-order valence-electron chi connectivity index (χ2n) is 5.34. The lowest BCUT2D eigenvalue weighted by Crippen LogP contribution is -2.33. The number of hydrogen-bond donors (Lipinski definition) is 1. The molecule has 0 unspecified atom stereocenters. The van der Waals surface area contributed by atoms with E-state index >= 15 is 0 Å². The molecule has 0 aliphatic carbocycles. The second-order valence-corrected chi connectivity index (χ2v) is 5.34. The molecule has 1 saturated heterocycles. The van der Waals surface area contributed by atoms with Crippen molar-refractivity contribution in [3.63, 3.8) is 0 Å². The number of nitrogens with one attached hydrogen (secondary N) is 1. The quantitative estimate of drug-likeness (QED) is 0.847.